The number of nitrogens with zero attached hydrogens (tertiary/aromatic N) is 4. The predicted octanol–water partition coefficient (Wildman–Crippen LogP) is 4.20. The lowest BCUT2D eigenvalue weighted by Crippen LogP contribution is -2.34. The van der Waals surface area contributed by atoms with E-state index >= 15 is 0 Å². The molecular weight excluding hydrogens is 424 g/mol. The van der Waals surface area contributed by atoms with Crippen molar-refractivity contribution in [2.45, 2.75) is 83.6 Å². The number of sulfonamides is 1. The van der Waals surface area contributed by atoms with Gasteiger partial charge in [0.2, 0.25) is 15.9 Å². The van der Waals surface area contributed by atoms with E-state index in [1.165, 1.54) is 23.6 Å². The Morgan fingerprint density at radius 2 is 1.69 bits per heavy atom. The molecular formula is C24H38N4O3S. The molecule has 1 fully saturated rings. The molecule has 1 aromatic carbocycles. The molecule has 1 aliphatic heterocycles. The molecule has 2 heterocycles. The Labute approximate surface area is 192 Å². The van der Waals surface area contributed by atoms with Crippen molar-refractivity contribution in [3.8, 4) is 0 Å². The minimum Gasteiger partial charge on any atom is -0.343 e. The zero-order chi connectivity index (χ0) is 23.1. The third kappa shape index (κ3) is 5.52. The second-order valence-corrected chi connectivity index (χ2v) is 10.5. The first kappa shape index (κ1) is 24.7. The number of hydrogen-bond donors (Lipinski definition) is 0. The number of aryl methyl sites for hydroxylation is 2. The van der Waals surface area contributed by atoms with Crippen LogP contribution in [0, 0.1) is 0 Å². The summed E-state index contributed by atoms with van der Waals surface area (Å²) in [6, 6.07) is 5.22. The topological polar surface area (TPSA) is 75.5 Å². The second kappa shape index (κ2) is 11.3. The van der Waals surface area contributed by atoms with Crippen molar-refractivity contribution in [1.82, 2.24) is 18.8 Å². The summed E-state index contributed by atoms with van der Waals surface area (Å²) in [7, 11) is -3.53. The van der Waals surface area contributed by atoms with Gasteiger partial charge < -0.3 is 9.47 Å². The molecule has 1 aromatic heterocycles. The quantitative estimate of drug-likeness (QED) is 0.560. The minimum atomic E-state index is -3.53. The molecule has 0 unspecified atom stereocenters. The molecule has 0 bridgehead atoms. The van der Waals surface area contributed by atoms with E-state index in [2.05, 4.69) is 11.5 Å². The molecule has 0 saturated carbocycles. The average molecular weight is 463 g/mol. The van der Waals surface area contributed by atoms with Gasteiger partial charge in [0.1, 0.15) is 5.82 Å². The third-order valence-electron chi connectivity index (χ3n) is 6.36. The highest BCUT2D eigenvalue weighted by Gasteiger charge is 2.23. The maximum absolute atomic E-state index is 12.9. The van der Waals surface area contributed by atoms with Gasteiger partial charge in [-0.05, 0) is 37.5 Å². The van der Waals surface area contributed by atoms with E-state index in [0.29, 0.717) is 31.4 Å². The molecule has 8 heteroatoms. The normalized spacial score (nSPS) is 15.8. The van der Waals surface area contributed by atoms with Gasteiger partial charge in [-0.25, -0.2) is 13.4 Å². The Kier molecular flexibility index (Phi) is 8.71. The van der Waals surface area contributed by atoms with Gasteiger partial charge in [-0.15, -0.1) is 0 Å². The van der Waals surface area contributed by atoms with Crippen LogP contribution < -0.4 is 0 Å². The Morgan fingerprint density at radius 1 is 1.03 bits per heavy atom. The average Bonchev–Trinajstić information content (AvgIpc) is 3.09. The lowest BCUT2D eigenvalue weighted by Gasteiger charge is -2.24. The Morgan fingerprint density at radius 3 is 2.31 bits per heavy atom. The molecule has 3 rings (SSSR count). The largest absolute Gasteiger partial charge is 0.343 e. The fraction of sp³-hybridized carbons (Fsp3) is 0.667. The summed E-state index contributed by atoms with van der Waals surface area (Å²) in [6.45, 7) is 9.18. The molecule has 1 saturated heterocycles. The molecule has 0 aliphatic carbocycles. The molecule has 0 N–H and O–H groups in total. The number of likely N-dealkylation sites (tertiary alicyclic amines) is 1. The van der Waals surface area contributed by atoms with Crippen LogP contribution in [0.4, 0.5) is 0 Å². The van der Waals surface area contributed by atoms with Gasteiger partial charge in [0.25, 0.3) is 0 Å². The van der Waals surface area contributed by atoms with Gasteiger partial charge in [0, 0.05) is 45.6 Å². The van der Waals surface area contributed by atoms with Crippen LogP contribution in [-0.2, 0) is 27.8 Å². The van der Waals surface area contributed by atoms with E-state index in [4.69, 9.17) is 4.98 Å². The van der Waals surface area contributed by atoms with E-state index in [1.54, 1.807) is 12.1 Å². The van der Waals surface area contributed by atoms with Crippen LogP contribution in [0.5, 0.6) is 0 Å². The SMILES string of the molecule is CCCn1c(CCC(=O)N2CCCCCCC2)nc2cc(S(=O)(=O)N(CC)CC)ccc21. The lowest BCUT2D eigenvalue weighted by atomic mass is 10.1. The zero-order valence-electron chi connectivity index (χ0n) is 19.8. The predicted molar refractivity (Wildman–Crippen MR) is 128 cm³/mol. The number of rotatable bonds is 9. The van der Waals surface area contributed by atoms with E-state index in [0.717, 1.165) is 50.2 Å². The summed E-state index contributed by atoms with van der Waals surface area (Å²) < 4.78 is 29.5. The van der Waals surface area contributed by atoms with Crippen LogP contribution in [-0.4, -0.2) is 59.3 Å². The van der Waals surface area contributed by atoms with Gasteiger partial charge in [0.05, 0.1) is 15.9 Å². The maximum atomic E-state index is 12.9. The van der Waals surface area contributed by atoms with Crippen LogP contribution in [0.25, 0.3) is 11.0 Å². The molecule has 0 spiro atoms. The van der Waals surface area contributed by atoms with Gasteiger partial charge >= 0.3 is 0 Å². The molecule has 2 aromatic rings. The molecule has 7 nitrogen and oxygen atoms in total. The maximum Gasteiger partial charge on any atom is 0.243 e. The van der Waals surface area contributed by atoms with Crippen LogP contribution >= 0.6 is 0 Å². The van der Waals surface area contributed by atoms with E-state index in [-0.39, 0.29) is 10.8 Å². The monoisotopic (exact) mass is 462 g/mol. The number of fused-ring (bicyclic) bond motifs is 1. The second-order valence-electron chi connectivity index (χ2n) is 8.57. The molecule has 178 valence electrons. The van der Waals surface area contributed by atoms with Crippen molar-refractivity contribution >= 4 is 27.0 Å². The molecule has 0 radical (unpaired) electrons. The highest BCUT2D eigenvalue weighted by molar-refractivity contribution is 7.89. The number of hydrogen-bond acceptors (Lipinski definition) is 4. The van der Waals surface area contributed by atoms with Crippen molar-refractivity contribution in [1.29, 1.82) is 0 Å². The van der Waals surface area contributed by atoms with Crippen molar-refractivity contribution in [3.05, 3.63) is 24.0 Å². The smallest absolute Gasteiger partial charge is 0.243 e. The van der Waals surface area contributed by atoms with Crippen molar-refractivity contribution in [2.75, 3.05) is 26.2 Å². The number of carbonyl (C=O) groups excluding carboxylic acids is 1. The highest BCUT2D eigenvalue weighted by Crippen LogP contribution is 2.24. The van der Waals surface area contributed by atoms with Crippen molar-refractivity contribution in [2.24, 2.45) is 0 Å². The standard InChI is InChI=1S/C24H38N4O3S/c1-4-16-28-22-13-12-20(32(30,31)27(5-2)6-3)19-21(22)25-23(28)14-15-24(29)26-17-10-8-7-9-11-18-26/h12-13,19H,4-11,14-18H2,1-3H3. The van der Waals surface area contributed by atoms with Crippen LogP contribution in [0.2, 0.25) is 0 Å². The summed E-state index contributed by atoms with van der Waals surface area (Å²) >= 11 is 0. The number of benzene rings is 1. The van der Waals surface area contributed by atoms with E-state index < -0.39 is 10.0 Å². The third-order valence-corrected chi connectivity index (χ3v) is 8.41. The zero-order valence-corrected chi connectivity index (χ0v) is 20.7. The number of carbonyl (C=O) groups is 1. The Balaban J connectivity index is 1.83. The van der Waals surface area contributed by atoms with Gasteiger partial charge in [0.15, 0.2) is 0 Å². The van der Waals surface area contributed by atoms with Gasteiger partial charge in [-0.2, -0.15) is 4.31 Å². The Bertz CT molecular complexity index is 1000. The summed E-state index contributed by atoms with van der Waals surface area (Å²) in [5.74, 6) is 1.06. The summed E-state index contributed by atoms with van der Waals surface area (Å²) in [6.07, 6.45) is 7.81. The number of amides is 1. The Hall–Kier alpha value is -1.93. The lowest BCUT2D eigenvalue weighted by molar-refractivity contribution is -0.131. The molecule has 1 amide bonds. The molecule has 0 atom stereocenters. The van der Waals surface area contributed by atoms with E-state index in [1.807, 2.05) is 24.8 Å². The summed E-state index contributed by atoms with van der Waals surface area (Å²) in [4.78, 5) is 19.9. The first-order valence-electron chi connectivity index (χ1n) is 12.2. The fourth-order valence-electron chi connectivity index (χ4n) is 4.57. The number of aromatic nitrogens is 2. The molecule has 32 heavy (non-hydrogen) atoms. The number of imidazole rings is 1. The minimum absolute atomic E-state index is 0.201. The first-order chi connectivity index (χ1) is 15.4. The fourth-order valence-corrected chi connectivity index (χ4v) is 6.05. The summed E-state index contributed by atoms with van der Waals surface area (Å²) in [5, 5.41) is 0. The summed E-state index contributed by atoms with van der Waals surface area (Å²) in [5.41, 5.74) is 1.61. The molecule has 1 aliphatic rings. The highest BCUT2D eigenvalue weighted by atomic mass is 32.2. The van der Waals surface area contributed by atoms with Crippen LogP contribution in [0.1, 0.15) is 71.5 Å². The van der Waals surface area contributed by atoms with Crippen molar-refractivity contribution < 1.29 is 13.2 Å². The van der Waals surface area contributed by atoms with Gasteiger partial charge in [-0.3, -0.25) is 4.79 Å². The van der Waals surface area contributed by atoms with Gasteiger partial charge in [-0.1, -0.05) is 40.0 Å². The first-order valence-corrected chi connectivity index (χ1v) is 13.6. The van der Waals surface area contributed by atoms with Crippen LogP contribution in [0.3, 0.4) is 0 Å². The van der Waals surface area contributed by atoms with Crippen molar-refractivity contribution in [3.63, 3.8) is 0 Å². The van der Waals surface area contributed by atoms with Crippen LogP contribution in [0.15, 0.2) is 23.1 Å². The van der Waals surface area contributed by atoms with E-state index in [9.17, 15) is 13.2 Å².